The number of halogens is 1. The fraction of sp³-hybridized carbons (Fsp3) is 0.235. The van der Waals surface area contributed by atoms with Crippen LogP contribution in [0.2, 0.25) is 0 Å². The van der Waals surface area contributed by atoms with Gasteiger partial charge in [0.15, 0.2) is 11.6 Å². The average molecular weight is 303 g/mol. The summed E-state index contributed by atoms with van der Waals surface area (Å²) in [5, 5.41) is 0. The lowest BCUT2D eigenvalue weighted by Gasteiger charge is -2.13. The Bertz CT molecular complexity index is 671. The molecule has 2 aromatic rings. The van der Waals surface area contributed by atoms with Gasteiger partial charge in [-0.1, -0.05) is 12.1 Å². The minimum absolute atomic E-state index is 0.0385. The number of amides is 1. The number of hydrogen-bond acceptors (Lipinski definition) is 3. The molecule has 0 fully saturated rings. The van der Waals surface area contributed by atoms with E-state index in [-0.39, 0.29) is 18.5 Å². The number of nitrogens with two attached hydrogens (primary N) is 1. The highest BCUT2D eigenvalue weighted by molar-refractivity contribution is 5.93. The first kappa shape index (κ1) is 15.8. The van der Waals surface area contributed by atoms with E-state index in [0.29, 0.717) is 16.9 Å². The van der Waals surface area contributed by atoms with Crippen LogP contribution in [-0.4, -0.2) is 12.0 Å². The Kier molecular flexibility index (Phi) is 4.99. The Hall–Kier alpha value is -2.56. The predicted molar refractivity (Wildman–Crippen MR) is 81.5 cm³/mol. The maximum absolute atomic E-state index is 13.5. The van der Waals surface area contributed by atoms with Crippen LogP contribution in [0.4, 0.5) is 4.39 Å². The van der Waals surface area contributed by atoms with E-state index in [0.717, 1.165) is 0 Å². The van der Waals surface area contributed by atoms with Crippen LogP contribution in [0.1, 0.15) is 29.8 Å². The van der Waals surface area contributed by atoms with Gasteiger partial charge in [0.2, 0.25) is 5.91 Å². The van der Waals surface area contributed by atoms with Crippen LogP contribution in [0.3, 0.4) is 0 Å². The average Bonchev–Trinajstić information content (AvgIpc) is 2.45. The van der Waals surface area contributed by atoms with Crippen molar-refractivity contribution in [2.45, 2.75) is 26.6 Å². The van der Waals surface area contributed by atoms with Crippen LogP contribution >= 0.6 is 0 Å². The summed E-state index contributed by atoms with van der Waals surface area (Å²) in [6.45, 7) is 3.87. The minimum Gasteiger partial charge on any atom is -0.491 e. The molecule has 0 saturated heterocycles. The van der Waals surface area contributed by atoms with Crippen molar-refractivity contribution in [1.82, 2.24) is 0 Å². The SMILES string of the molecule is CC(C)Oc1cc(COc2ccccc2F)cc(C(N)=O)c1. The van der Waals surface area contributed by atoms with Crippen LogP contribution in [0.25, 0.3) is 0 Å². The van der Waals surface area contributed by atoms with Gasteiger partial charge in [-0.25, -0.2) is 4.39 Å². The molecule has 0 heterocycles. The van der Waals surface area contributed by atoms with E-state index >= 15 is 0 Å². The number of benzene rings is 2. The number of para-hydroxylation sites is 1. The molecule has 0 aliphatic heterocycles. The van der Waals surface area contributed by atoms with E-state index in [4.69, 9.17) is 15.2 Å². The van der Waals surface area contributed by atoms with E-state index in [1.165, 1.54) is 6.07 Å². The number of carbonyl (C=O) groups excluding carboxylic acids is 1. The predicted octanol–water partition coefficient (Wildman–Crippen LogP) is 3.29. The largest absolute Gasteiger partial charge is 0.491 e. The van der Waals surface area contributed by atoms with Crippen LogP contribution in [0.15, 0.2) is 42.5 Å². The van der Waals surface area contributed by atoms with Crippen LogP contribution in [0.5, 0.6) is 11.5 Å². The minimum atomic E-state index is -0.554. The Morgan fingerprint density at radius 3 is 2.59 bits per heavy atom. The summed E-state index contributed by atoms with van der Waals surface area (Å²) in [5.41, 5.74) is 6.32. The van der Waals surface area contributed by atoms with Gasteiger partial charge in [0.25, 0.3) is 0 Å². The Balaban J connectivity index is 2.20. The zero-order valence-corrected chi connectivity index (χ0v) is 12.5. The molecule has 0 radical (unpaired) electrons. The highest BCUT2D eigenvalue weighted by atomic mass is 19.1. The third-order valence-corrected chi connectivity index (χ3v) is 2.85. The molecule has 1 amide bonds. The maximum atomic E-state index is 13.5. The highest BCUT2D eigenvalue weighted by Crippen LogP contribution is 2.21. The summed E-state index contributed by atoms with van der Waals surface area (Å²) < 4.78 is 24.5. The first-order valence-corrected chi connectivity index (χ1v) is 6.93. The third kappa shape index (κ3) is 4.22. The lowest BCUT2D eigenvalue weighted by Crippen LogP contribution is -2.13. The van der Waals surface area contributed by atoms with Gasteiger partial charge in [0.1, 0.15) is 12.4 Å². The second kappa shape index (κ2) is 6.93. The number of carbonyl (C=O) groups is 1. The van der Waals surface area contributed by atoms with E-state index in [2.05, 4.69) is 0 Å². The first-order chi connectivity index (χ1) is 10.5. The quantitative estimate of drug-likeness (QED) is 0.890. The fourth-order valence-electron chi connectivity index (χ4n) is 1.95. The molecule has 2 N–H and O–H groups in total. The van der Waals surface area contributed by atoms with Crippen molar-refractivity contribution in [2.24, 2.45) is 5.73 Å². The summed E-state index contributed by atoms with van der Waals surface area (Å²) in [6.07, 6.45) is -0.0385. The molecule has 0 spiro atoms. The maximum Gasteiger partial charge on any atom is 0.248 e. The van der Waals surface area contributed by atoms with Crippen molar-refractivity contribution in [3.05, 3.63) is 59.4 Å². The number of hydrogen-bond donors (Lipinski definition) is 1. The molecule has 0 unspecified atom stereocenters. The molecule has 0 saturated carbocycles. The summed E-state index contributed by atoms with van der Waals surface area (Å²) in [6, 6.07) is 11.1. The lowest BCUT2D eigenvalue weighted by atomic mass is 10.1. The standard InChI is InChI=1S/C17H18FNO3/c1-11(2)22-14-8-12(7-13(9-14)17(19)20)10-21-16-6-4-3-5-15(16)18/h3-9,11H,10H2,1-2H3,(H2,19,20). The van der Waals surface area contributed by atoms with Gasteiger partial charge in [-0.3, -0.25) is 4.79 Å². The molecular formula is C17H18FNO3. The number of ether oxygens (including phenoxy) is 2. The second-order valence-electron chi connectivity index (χ2n) is 5.12. The topological polar surface area (TPSA) is 61.6 Å². The van der Waals surface area contributed by atoms with Gasteiger partial charge in [-0.05, 0) is 49.7 Å². The van der Waals surface area contributed by atoms with E-state index in [9.17, 15) is 9.18 Å². The molecule has 116 valence electrons. The van der Waals surface area contributed by atoms with Crippen molar-refractivity contribution in [2.75, 3.05) is 0 Å². The molecule has 2 aromatic carbocycles. The number of rotatable bonds is 6. The Morgan fingerprint density at radius 1 is 1.23 bits per heavy atom. The first-order valence-electron chi connectivity index (χ1n) is 6.93. The molecule has 5 heteroatoms. The van der Waals surface area contributed by atoms with Crippen molar-refractivity contribution in [3.8, 4) is 11.5 Å². The Labute approximate surface area is 128 Å². The van der Waals surface area contributed by atoms with E-state index in [1.54, 1.807) is 36.4 Å². The van der Waals surface area contributed by atoms with Crippen LogP contribution < -0.4 is 15.2 Å². The van der Waals surface area contributed by atoms with Gasteiger partial charge >= 0.3 is 0 Å². The molecule has 0 aliphatic carbocycles. The smallest absolute Gasteiger partial charge is 0.248 e. The normalized spacial score (nSPS) is 10.5. The van der Waals surface area contributed by atoms with Gasteiger partial charge in [0, 0.05) is 5.56 Å². The van der Waals surface area contributed by atoms with E-state index in [1.807, 2.05) is 13.8 Å². The zero-order valence-electron chi connectivity index (χ0n) is 12.5. The van der Waals surface area contributed by atoms with Crippen LogP contribution in [-0.2, 0) is 6.61 Å². The van der Waals surface area contributed by atoms with Gasteiger partial charge < -0.3 is 15.2 Å². The summed E-state index contributed by atoms with van der Waals surface area (Å²) >= 11 is 0. The summed E-state index contributed by atoms with van der Waals surface area (Å²) in [5.74, 6) is -0.315. The van der Waals surface area contributed by atoms with Gasteiger partial charge in [-0.2, -0.15) is 0 Å². The monoisotopic (exact) mass is 303 g/mol. The summed E-state index contributed by atoms with van der Waals surface area (Å²) in [7, 11) is 0. The van der Waals surface area contributed by atoms with Crippen molar-refractivity contribution < 1.29 is 18.7 Å². The summed E-state index contributed by atoms with van der Waals surface area (Å²) in [4.78, 5) is 11.4. The van der Waals surface area contributed by atoms with Gasteiger partial charge in [-0.15, -0.1) is 0 Å². The highest BCUT2D eigenvalue weighted by Gasteiger charge is 2.09. The van der Waals surface area contributed by atoms with Crippen molar-refractivity contribution in [1.29, 1.82) is 0 Å². The molecule has 0 aliphatic rings. The Morgan fingerprint density at radius 2 is 1.95 bits per heavy atom. The molecule has 22 heavy (non-hydrogen) atoms. The fourth-order valence-corrected chi connectivity index (χ4v) is 1.95. The van der Waals surface area contributed by atoms with Crippen molar-refractivity contribution in [3.63, 3.8) is 0 Å². The number of primary amides is 1. The molecule has 2 rings (SSSR count). The second-order valence-corrected chi connectivity index (χ2v) is 5.12. The van der Waals surface area contributed by atoms with E-state index < -0.39 is 11.7 Å². The van der Waals surface area contributed by atoms with Gasteiger partial charge in [0.05, 0.1) is 6.10 Å². The molecule has 0 aromatic heterocycles. The van der Waals surface area contributed by atoms with Crippen molar-refractivity contribution >= 4 is 5.91 Å². The molecular weight excluding hydrogens is 285 g/mol. The zero-order chi connectivity index (χ0) is 16.1. The molecule has 4 nitrogen and oxygen atoms in total. The molecule has 0 atom stereocenters. The van der Waals surface area contributed by atoms with Crippen LogP contribution in [0, 0.1) is 5.82 Å². The lowest BCUT2D eigenvalue weighted by molar-refractivity contribution is 0.0999. The molecule has 0 bridgehead atoms. The third-order valence-electron chi connectivity index (χ3n) is 2.85.